The number of rotatable bonds is 6. The summed E-state index contributed by atoms with van der Waals surface area (Å²) in [7, 11) is 0. The molecule has 0 saturated heterocycles. The fourth-order valence-corrected chi connectivity index (χ4v) is 8.92. The van der Waals surface area contributed by atoms with Crippen LogP contribution in [-0.4, -0.2) is 29.9 Å². The summed E-state index contributed by atoms with van der Waals surface area (Å²) in [4.78, 5) is 27.3. The molecular weight excluding hydrogens is 781 g/mol. The van der Waals surface area contributed by atoms with Crippen molar-refractivity contribution in [1.82, 2.24) is 29.9 Å². The van der Waals surface area contributed by atoms with Crippen molar-refractivity contribution >= 4 is 66.2 Å². The highest BCUT2D eigenvalue weighted by Gasteiger charge is 2.21. The van der Waals surface area contributed by atoms with Crippen molar-refractivity contribution in [3.05, 3.63) is 183 Å². The van der Waals surface area contributed by atoms with Crippen LogP contribution in [0, 0.1) is 0 Å². The Kier molecular flexibility index (Phi) is 7.70. The van der Waals surface area contributed by atoms with Crippen LogP contribution in [-0.2, 0) is 0 Å². The quantitative estimate of drug-likeness (QED) is 0.162. The lowest BCUT2D eigenvalue weighted by atomic mass is 9.93. The van der Waals surface area contributed by atoms with E-state index in [0.717, 1.165) is 116 Å². The molecule has 0 bridgehead atoms. The van der Waals surface area contributed by atoms with Crippen molar-refractivity contribution in [2.45, 2.75) is 0 Å². The monoisotopic (exact) mass is 810 g/mol. The van der Waals surface area contributed by atoms with Crippen LogP contribution < -0.4 is 0 Å². The van der Waals surface area contributed by atoms with Crippen LogP contribution in [0.5, 0.6) is 0 Å². The standard InChI is InChI=1S/C54H30N6O3/c1-4-46-43(28-34(1)31-7-16-55-17-8-31)49-52(61-46)40(13-22-58-49)37-25-38(41-14-23-59-50-44-29-35(32-9-18-56-19-10-32)2-5-47(44)62-53(41)50)27-39(26-37)42-15-24-60-51-45-30-36(33-11-20-57-21-12-33)3-6-48(45)63-54(42)51/h1-30H. The summed E-state index contributed by atoms with van der Waals surface area (Å²) in [5.41, 5.74) is 18.6. The Morgan fingerprint density at radius 1 is 0.254 bits per heavy atom. The third-order valence-electron chi connectivity index (χ3n) is 12.0. The minimum atomic E-state index is 0.696. The molecule has 0 fully saturated rings. The number of hydrogen-bond donors (Lipinski definition) is 0. The van der Waals surface area contributed by atoms with Gasteiger partial charge in [0.1, 0.15) is 33.3 Å². The number of benzene rings is 4. The molecule has 0 aliphatic heterocycles. The van der Waals surface area contributed by atoms with E-state index in [-0.39, 0.29) is 0 Å². The lowest BCUT2D eigenvalue weighted by Crippen LogP contribution is -1.89. The molecule has 63 heavy (non-hydrogen) atoms. The van der Waals surface area contributed by atoms with Gasteiger partial charge in [0.05, 0.1) is 0 Å². The van der Waals surface area contributed by atoms with E-state index >= 15 is 0 Å². The van der Waals surface area contributed by atoms with Crippen molar-refractivity contribution in [2.75, 3.05) is 0 Å². The van der Waals surface area contributed by atoms with Gasteiger partial charge in [-0.05, 0) is 159 Å². The Balaban J connectivity index is 1.03. The van der Waals surface area contributed by atoms with Crippen molar-refractivity contribution in [1.29, 1.82) is 0 Å². The molecule has 9 heterocycles. The average molecular weight is 811 g/mol. The van der Waals surface area contributed by atoms with Gasteiger partial charge >= 0.3 is 0 Å². The summed E-state index contributed by atoms with van der Waals surface area (Å²) in [6.45, 7) is 0. The van der Waals surface area contributed by atoms with E-state index < -0.39 is 0 Å². The maximum atomic E-state index is 6.70. The number of aromatic nitrogens is 6. The number of pyridine rings is 6. The van der Waals surface area contributed by atoms with Gasteiger partial charge < -0.3 is 13.3 Å². The molecular formula is C54H30N6O3. The van der Waals surface area contributed by atoms with Gasteiger partial charge in [0.15, 0.2) is 16.7 Å². The summed E-state index contributed by atoms with van der Waals surface area (Å²) in [5, 5.41) is 2.81. The van der Waals surface area contributed by atoms with Gasteiger partial charge in [0.2, 0.25) is 0 Å². The average Bonchev–Trinajstić information content (AvgIpc) is 4.05. The topological polar surface area (TPSA) is 117 Å². The van der Waals surface area contributed by atoms with Crippen LogP contribution in [0.3, 0.4) is 0 Å². The largest absolute Gasteiger partial charge is 0.454 e. The summed E-state index contributed by atoms with van der Waals surface area (Å²) >= 11 is 0. The van der Waals surface area contributed by atoms with Crippen LogP contribution in [0.1, 0.15) is 0 Å². The predicted molar refractivity (Wildman–Crippen MR) is 248 cm³/mol. The van der Waals surface area contributed by atoms with Crippen molar-refractivity contribution in [3.63, 3.8) is 0 Å². The first kappa shape index (κ1) is 35.0. The maximum Gasteiger partial charge on any atom is 0.161 e. The Labute approximate surface area is 358 Å². The molecule has 13 aromatic rings. The van der Waals surface area contributed by atoms with Crippen LogP contribution in [0.15, 0.2) is 196 Å². The summed E-state index contributed by atoms with van der Waals surface area (Å²) in [6, 6.07) is 43.3. The van der Waals surface area contributed by atoms with Gasteiger partial charge in [-0.15, -0.1) is 0 Å². The molecule has 0 radical (unpaired) electrons. The van der Waals surface area contributed by atoms with Gasteiger partial charge in [-0.1, -0.05) is 18.2 Å². The second kappa shape index (κ2) is 13.9. The lowest BCUT2D eigenvalue weighted by Gasteiger charge is -2.12. The van der Waals surface area contributed by atoms with Gasteiger partial charge in [-0.2, -0.15) is 0 Å². The zero-order valence-corrected chi connectivity index (χ0v) is 33.2. The molecule has 294 valence electrons. The predicted octanol–water partition coefficient (Wildman–Crippen LogP) is 13.8. The smallest absolute Gasteiger partial charge is 0.161 e. The molecule has 13 rings (SSSR count). The second-order valence-electron chi connectivity index (χ2n) is 15.6. The minimum absolute atomic E-state index is 0.696. The first-order valence-corrected chi connectivity index (χ1v) is 20.5. The van der Waals surface area contributed by atoms with E-state index in [1.807, 2.05) is 91.4 Å². The third kappa shape index (κ3) is 5.71. The van der Waals surface area contributed by atoms with E-state index in [1.54, 1.807) is 37.2 Å². The molecule has 0 aliphatic carbocycles. The van der Waals surface area contributed by atoms with E-state index in [2.05, 4.69) is 69.5 Å². The zero-order chi connectivity index (χ0) is 41.4. The van der Waals surface area contributed by atoms with Gasteiger partial charge in [0.25, 0.3) is 0 Å². The zero-order valence-electron chi connectivity index (χ0n) is 33.2. The molecule has 0 unspecified atom stereocenters. The van der Waals surface area contributed by atoms with E-state index in [1.165, 1.54) is 0 Å². The van der Waals surface area contributed by atoms with Gasteiger partial charge in [0, 0.05) is 88.6 Å². The maximum absolute atomic E-state index is 6.70. The van der Waals surface area contributed by atoms with Gasteiger partial charge in [-0.25, -0.2) is 0 Å². The molecule has 4 aromatic carbocycles. The minimum Gasteiger partial charge on any atom is -0.454 e. The number of nitrogens with zero attached hydrogens (tertiary/aromatic N) is 6. The SMILES string of the molecule is c1cc(-c2ccc3oc4c(-c5cc(-c6ccnc7c6oc6ccc(-c8ccncc8)cc67)cc(-c6ccnc7c6oc6ccc(-c8ccncc8)cc67)c5)ccnc4c3c2)ccn1. The molecule has 0 atom stereocenters. The molecule has 9 heteroatoms. The Hall–Kier alpha value is -8.82. The van der Waals surface area contributed by atoms with E-state index in [0.29, 0.717) is 16.7 Å². The number of furan rings is 3. The highest BCUT2D eigenvalue weighted by atomic mass is 16.3. The fraction of sp³-hybridized carbons (Fsp3) is 0. The number of hydrogen-bond acceptors (Lipinski definition) is 9. The van der Waals surface area contributed by atoms with E-state index in [9.17, 15) is 0 Å². The van der Waals surface area contributed by atoms with Crippen molar-refractivity contribution in [2.24, 2.45) is 0 Å². The summed E-state index contributed by atoms with van der Waals surface area (Å²) in [6.07, 6.45) is 16.4. The Morgan fingerprint density at radius 3 is 0.857 bits per heavy atom. The highest BCUT2D eigenvalue weighted by Crippen LogP contribution is 2.44. The first-order chi connectivity index (χ1) is 31.2. The number of fused-ring (bicyclic) bond motifs is 9. The Bertz CT molecular complexity index is 3500. The second-order valence-corrected chi connectivity index (χ2v) is 15.6. The van der Waals surface area contributed by atoms with Crippen LogP contribution in [0.2, 0.25) is 0 Å². The third-order valence-corrected chi connectivity index (χ3v) is 12.0. The lowest BCUT2D eigenvalue weighted by molar-refractivity contribution is 0.669. The molecule has 0 N–H and O–H groups in total. The van der Waals surface area contributed by atoms with Crippen LogP contribution >= 0.6 is 0 Å². The molecule has 0 aliphatic rings. The molecule has 0 saturated carbocycles. The molecule has 0 spiro atoms. The first-order valence-electron chi connectivity index (χ1n) is 20.5. The van der Waals surface area contributed by atoms with Crippen molar-refractivity contribution in [3.8, 4) is 66.8 Å². The van der Waals surface area contributed by atoms with Gasteiger partial charge in [-0.3, -0.25) is 29.9 Å². The molecule has 9 aromatic heterocycles. The summed E-state index contributed by atoms with van der Waals surface area (Å²) < 4.78 is 20.1. The fourth-order valence-electron chi connectivity index (χ4n) is 8.92. The highest BCUT2D eigenvalue weighted by molar-refractivity contribution is 6.12. The van der Waals surface area contributed by atoms with E-state index in [4.69, 9.17) is 28.2 Å². The molecule has 9 nitrogen and oxygen atoms in total. The van der Waals surface area contributed by atoms with Crippen molar-refractivity contribution < 1.29 is 13.3 Å². The van der Waals surface area contributed by atoms with Crippen LogP contribution in [0.4, 0.5) is 0 Å². The Morgan fingerprint density at radius 2 is 0.556 bits per heavy atom. The summed E-state index contributed by atoms with van der Waals surface area (Å²) in [5.74, 6) is 0. The van der Waals surface area contributed by atoms with Crippen LogP contribution in [0.25, 0.3) is 133 Å². The molecule has 0 amide bonds. The normalized spacial score (nSPS) is 11.8.